The molecule has 0 aliphatic carbocycles. The molecule has 36 heavy (non-hydrogen) atoms. The van der Waals surface area contributed by atoms with Crippen LogP contribution in [0.25, 0.3) is 0 Å². The molecule has 4 heteroatoms. The minimum Gasteiger partial charge on any atom is -0.481 e. The van der Waals surface area contributed by atoms with Crippen LogP contribution in [0.2, 0.25) is 0 Å². The number of rotatable bonds is 29. The monoisotopic (exact) mass is 508 g/mol. The lowest BCUT2D eigenvalue weighted by Gasteiger charge is -2.14. The summed E-state index contributed by atoms with van der Waals surface area (Å²) in [7, 11) is 0. The standard InChI is InChI=1S/C32H60O4/c1-3-5-7-9-11-13-15-17-19-21-23-25-30(33)29(27-28-32(35)36)31(34)26-24-22-20-18-16-14-12-10-8-6-4-2/h29H,3-28H2,1-2H3,(H,35,36). The molecular formula is C32H60O4. The van der Waals surface area contributed by atoms with Gasteiger partial charge in [-0.05, 0) is 19.3 Å². The molecule has 0 rings (SSSR count). The van der Waals surface area contributed by atoms with Crippen molar-refractivity contribution in [2.24, 2.45) is 5.92 Å². The Kier molecular flexibility index (Phi) is 26.0. The second-order valence-electron chi connectivity index (χ2n) is 11.0. The lowest BCUT2D eigenvalue weighted by Crippen LogP contribution is -2.25. The first-order valence-electron chi connectivity index (χ1n) is 15.8. The van der Waals surface area contributed by atoms with Crippen LogP contribution in [0.4, 0.5) is 0 Å². The summed E-state index contributed by atoms with van der Waals surface area (Å²) in [6.07, 6.45) is 27.9. The first-order valence-corrected chi connectivity index (χ1v) is 15.8. The average molecular weight is 509 g/mol. The molecule has 212 valence electrons. The lowest BCUT2D eigenvalue weighted by atomic mass is 9.88. The zero-order valence-corrected chi connectivity index (χ0v) is 24.1. The maximum atomic E-state index is 12.7. The Morgan fingerprint density at radius 3 is 1.00 bits per heavy atom. The van der Waals surface area contributed by atoms with E-state index in [1.807, 2.05) is 0 Å². The zero-order chi connectivity index (χ0) is 26.7. The van der Waals surface area contributed by atoms with Gasteiger partial charge in [0.15, 0.2) is 0 Å². The van der Waals surface area contributed by atoms with E-state index in [2.05, 4.69) is 13.8 Å². The number of carbonyl (C=O) groups excluding carboxylic acids is 2. The van der Waals surface area contributed by atoms with Crippen molar-refractivity contribution >= 4 is 17.5 Å². The van der Waals surface area contributed by atoms with E-state index >= 15 is 0 Å². The van der Waals surface area contributed by atoms with Crippen molar-refractivity contribution in [3.05, 3.63) is 0 Å². The summed E-state index contributed by atoms with van der Waals surface area (Å²) in [5, 5.41) is 9.06. The van der Waals surface area contributed by atoms with E-state index in [0.29, 0.717) is 12.8 Å². The molecule has 1 N–H and O–H groups in total. The molecule has 0 aromatic heterocycles. The van der Waals surface area contributed by atoms with Crippen LogP contribution in [0.3, 0.4) is 0 Å². The number of carboxylic acid groups (broad SMARTS) is 1. The molecule has 0 spiro atoms. The summed E-state index contributed by atoms with van der Waals surface area (Å²) in [6.45, 7) is 4.49. The fraction of sp³-hybridized carbons (Fsp3) is 0.906. The molecule has 0 fully saturated rings. The van der Waals surface area contributed by atoms with Gasteiger partial charge in [-0.2, -0.15) is 0 Å². The van der Waals surface area contributed by atoms with Gasteiger partial charge in [-0.25, -0.2) is 0 Å². The van der Waals surface area contributed by atoms with Crippen molar-refractivity contribution in [1.82, 2.24) is 0 Å². The predicted octanol–water partition coefficient (Wildman–Crippen LogP) is 10.0. The van der Waals surface area contributed by atoms with Gasteiger partial charge >= 0.3 is 5.97 Å². The predicted molar refractivity (Wildman–Crippen MR) is 153 cm³/mol. The van der Waals surface area contributed by atoms with Crippen LogP contribution in [0.5, 0.6) is 0 Å². The molecule has 0 bridgehead atoms. The Hall–Kier alpha value is -1.19. The number of carboxylic acids is 1. The third-order valence-corrected chi connectivity index (χ3v) is 7.48. The Balaban J connectivity index is 3.98. The number of aliphatic carboxylic acids is 1. The van der Waals surface area contributed by atoms with Gasteiger partial charge in [-0.3, -0.25) is 14.4 Å². The van der Waals surface area contributed by atoms with E-state index in [4.69, 9.17) is 5.11 Å². The van der Waals surface area contributed by atoms with Crippen molar-refractivity contribution in [3.63, 3.8) is 0 Å². The summed E-state index contributed by atoms with van der Waals surface area (Å²) in [5.41, 5.74) is 0. The van der Waals surface area contributed by atoms with Crippen LogP contribution >= 0.6 is 0 Å². The number of ketones is 2. The molecule has 0 radical (unpaired) electrons. The minimum atomic E-state index is -0.926. The van der Waals surface area contributed by atoms with Crippen molar-refractivity contribution in [3.8, 4) is 0 Å². The summed E-state index contributed by atoms with van der Waals surface area (Å²) in [4.78, 5) is 36.5. The number of hydrogen-bond acceptors (Lipinski definition) is 3. The Morgan fingerprint density at radius 1 is 0.444 bits per heavy atom. The van der Waals surface area contributed by atoms with Gasteiger partial charge in [0.25, 0.3) is 0 Å². The average Bonchev–Trinajstić information content (AvgIpc) is 2.85. The molecule has 0 saturated heterocycles. The quantitative estimate of drug-likeness (QED) is 0.0805. The molecule has 0 saturated carbocycles. The van der Waals surface area contributed by atoms with Crippen molar-refractivity contribution in [1.29, 1.82) is 0 Å². The molecule has 0 aliphatic heterocycles. The summed E-state index contributed by atoms with van der Waals surface area (Å²) >= 11 is 0. The van der Waals surface area contributed by atoms with Gasteiger partial charge in [0, 0.05) is 19.3 Å². The van der Waals surface area contributed by atoms with Gasteiger partial charge in [-0.15, -0.1) is 0 Å². The second-order valence-corrected chi connectivity index (χ2v) is 11.0. The minimum absolute atomic E-state index is 0.0275. The van der Waals surface area contributed by atoms with Crippen LogP contribution in [-0.2, 0) is 14.4 Å². The molecule has 0 aromatic carbocycles. The van der Waals surface area contributed by atoms with Crippen LogP contribution in [0.1, 0.15) is 181 Å². The first-order chi connectivity index (χ1) is 17.5. The number of unbranched alkanes of at least 4 members (excludes halogenated alkanes) is 20. The zero-order valence-electron chi connectivity index (χ0n) is 24.1. The SMILES string of the molecule is CCCCCCCCCCCCCC(=O)C(CCC(=O)O)C(=O)CCCCCCCCCCCCC. The molecule has 0 unspecified atom stereocenters. The van der Waals surface area contributed by atoms with E-state index in [1.54, 1.807) is 0 Å². The van der Waals surface area contributed by atoms with E-state index in [9.17, 15) is 14.4 Å². The van der Waals surface area contributed by atoms with Gasteiger partial charge in [0.05, 0.1) is 5.92 Å². The largest absolute Gasteiger partial charge is 0.481 e. The Morgan fingerprint density at radius 2 is 0.722 bits per heavy atom. The molecule has 0 aliphatic rings. The molecule has 0 aromatic rings. The highest BCUT2D eigenvalue weighted by molar-refractivity contribution is 6.02. The van der Waals surface area contributed by atoms with Gasteiger partial charge in [0.2, 0.25) is 0 Å². The fourth-order valence-corrected chi connectivity index (χ4v) is 5.04. The maximum Gasteiger partial charge on any atom is 0.303 e. The Bertz CT molecular complexity index is 490. The van der Waals surface area contributed by atoms with E-state index in [-0.39, 0.29) is 24.4 Å². The van der Waals surface area contributed by atoms with Crippen LogP contribution in [0, 0.1) is 5.92 Å². The van der Waals surface area contributed by atoms with Crippen molar-refractivity contribution in [2.75, 3.05) is 0 Å². The number of hydrogen-bond donors (Lipinski definition) is 1. The van der Waals surface area contributed by atoms with Gasteiger partial charge in [0.1, 0.15) is 11.6 Å². The van der Waals surface area contributed by atoms with E-state index in [1.165, 1.54) is 103 Å². The molecule has 4 nitrogen and oxygen atoms in total. The van der Waals surface area contributed by atoms with Crippen LogP contribution < -0.4 is 0 Å². The lowest BCUT2D eigenvalue weighted by molar-refractivity contribution is -0.138. The van der Waals surface area contributed by atoms with E-state index in [0.717, 1.165) is 38.5 Å². The third-order valence-electron chi connectivity index (χ3n) is 7.48. The highest BCUT2D eigenvalue weighted by Crippen LogP contribution is 2.19. The smallest absolute Gasteiger partial charge is 0.303 e. The van der Waals surface area contributed by atoms with Crippen molar-refractivity contribution < 1.29 is 19.5 Å². The van der Waals surface area contributed by atoms with Gasteiger partial charge in [-0.1, -0.05) is 142 Å². The fourth-order valence-electron chi connectivity index (χ4n) is 5.04. The van der Waals surface area contributed by atoms with Crippen LogP contribution in [0.15, 0.2) is 0 Å². The normalized spacial score (nSPS) is 11.3. The number of carbonyl (C=O) groups is 3. The number of Topliss-reactive ketones (excluding diaryl/α,β-unsaturated/α-hetero) is 2. The van der Waals surface area contributed by atoms with E-state index < -0.39 is 11.9 Å². The summed E-state index contributed by atoms with van der Waals surface area (Å²) < 4.78 is 0. The highest BCUT2D eigenvalue weighted by Gasteiger charge is 2.25. The highest BCUT2D eigenvalue weighted by atomic mass is 16.4. The third kappa shape index (κ3) is 23.2. The topological polar surface area (TPSA) is 71.4 Å². The summed E-state index contributed by atoms with van der Waals surface area (Å²) in [6, 6.07) is 0. The Labute approximate surface area is 223 Å². The van der Waals surface area contributed by atoms with Crippen LogP contribution in [-0.4, -0.2) is 22.6 Å². The molecule has 0 amide bonds. The maximum absolute atomic E-state index is 12.7. The first kappa shape index (κ1) is 34.8. The van der Waals surface area contributed by atoms with Crippen molar-refractivity contribution in [2.45, 2.75) is 181 Å². The van der Waals surface area contributed by atoms with Gasteiger partial charge < -0.3 is 5.11 Å². The summed E-state index contributed by atoms with van der Waals surface area (Å²) in [5.74, 6) is -1.68. The molecule has 0 heterocycles. The molecular weight excluding hydrogens is 448 g/mol. The second kappa shape index (κ2) is 26.9. The molecule has 0 atom stereocenters.